The monoisotopic (exact) mass is 268 g/mol. The molecule has 0 unspecified atom stereocenters. The molecule has 0 spiro atoms. The summed E-state index contributed by atoms with van der Waals surface area (Å²) in [6.45, 7) is 0. The fourth-order valence-corrected chi connectivity index (χ4v) is 2.13. The summed E-state index contributed by atoms with van der Waals surface area (Å²) >= 11 is 4.99. The molecule has 0 aliphatic rings. The first-order valence-corrected chi connectivity index (χ1v) is 5.90. The largest absolute Gasteiger partial charge is 0.319 e. The van der Waals surface area contributed by atoms with E-state index >= 15 is 0 Å². The van der Waals surface area contributed by atoms with E-state index in [0.29, 0.717) is 0 Å². The van der Waals surface area contributed by atoms with Crippen LogP contribution < -0.4 is 5.73 Å². The van der Waals surface area contributed by atoms with Gasteiger partial charge >= 0.3 is 0 Å². The molecule has 0 bridgehead atoms. The van der Waals surface area contributed by atoms with Gasteiger partial charge in [-0.15, -0.1) is 0 Å². The molecular weight excluding hydrogens is 260 g/mol. The molecule has 2 aromatic rings. The summed E-state index contributed by atoms with van der Waals surface area (Å²) in [4.78, 5) is 4.27. The van der Waals surface area contributed by atoms with Gasteiger partial charge in [0.05, 0.1) is 11.7 Å². The van der Waals surface area contributed by atoms with Gasteiger partial charge in [0.1, 0.15) is 0 Å². The zero-order valence-corrected chi connectivity index (χ0v) is 9.75. The Morgan fingerprint density at radius 2 is 2.21 bits per heavy atom. The smallest absolute Gasteiger partial charge is 0.0734 e. The Labute approximate surface area is 94.9 Å². The highest BCUT2D eigenvalue weighted by atomic mass is 79.9. The molecular formula is C10H9BrN2S. The summed E-state index contributed by atoms with van der Waals surface area (Å²) < 4.78 is 0.971. The minimum atomic E-state index is -0.116. The molecule has 0 amide bonds. The Hall–Kier alpha value is -0.710. The summed E-state index contributed by atoms with van der Waals surface area (Å²) in [5.41, 5.74) is 8.05. The number of nitrogens with zero attached hydrogens (tertiary/aromatic N) is 1. The molecule has 2 rings (SSSR count). The summed E-state index contributed by atoms with van der Waals surface area (Å²) in [6, 6.07) is 5.80. The van der Waals surface area contributed by atoms with Crippen LogP contribution in [0.4, 0.5) is 0 Å². The Morgan fingerprint density at radius 3 is 2.79 bits per heavy atom. The highest BCUT2D eigenvalue weighted by Gasteiger charge is 2.09. The Kier molecular flexibility index (Phi) is 2.96. The molecule has 2 nitrogen and oxygen atoms in total. The van der Waals surface area contributed by atoms with Crippen LogP contribution in [0, 0.1) is 0 Å². The average molecular weight is 269 g/mol. The van der Waals surface area contributed by atoms with Crippen molar-refractivity contribution in [1.82, 2.24) is 4.98 Å². The van der Waals surface area contributed by atoms with Crippen molar-refractivity contribution in [3.8, 4) is 0 Å². The molecule has 2 N–H and O–H groups in total. The van der Waals surface area contributed by atoms with Crippen LogP contribution in [0.25, 0.3) is 0 Å². The van der Waals surface area contributed by atoms with E-state index in [9.17, 15) is 0 Å². The molecule has 0 saturated heterocycles. The van der Waals surface area contributed by atoms with Crippen molar-refractivity contribution in [2.45, 2.75) is 6.04 Å². The molecule has 0 radical (unpaired) electrons. The number of rotatable bonds is 2. The van der Waals surface area contributed by atoms with Crippen LogP contribution in [0.15, 0.2) is 39.6 Å². The van der Waals surface area contributed by atoms with E-state index in [2.05, 4.69) is 20.9 Å². The minimum Gasteiger partial charge on any atom is -0.319 e. The van der Waals surface area contributed by atoms with E-state index in [0.717, 1.165) is 15.7 Å². The summed E-state index contributed by atoms with van der Waals surface area (Å²) in [7, 11) is 0. The third-order valence-corrected chi connectivity index (χ3v) is 3.14. The lowest BCUT2D eigenvalue weighted by Gasteiger charge is -2.08. The van der Waals surface area contributed by atoms with Gasteiger partial charge in [-0.25, -0.2) is 0 Å². The van der Waals surface area contributed by atoms with Crippen molar-refractivity contribution in [3.05, 3.63) is 50.9 Å². The zero-order chi connectivity index (χ0) is 9.97. The molecule has 14 heavy (non-hydrogen) atoms. The molecule has 0 aliphatic carbocycles. The van der Waals surface area contributed by atoms with Crippen LogP contribution in [0.3, 0.4) is 0 Å². The van der Waals surface area contributed by atoms with Crippen molar-refractivity contribution in [2.24, 2.45) is 5.73 Å². The number of thiophene rings is 1. The number of pyridine rings is 1. The quantitative estimate of drug-likeness (QED) is 0.910. The van der Waals surface area contributed by atoms with Crippen molar-refractivity contribution in [2.75, 3.05) is 0 Å². The molecule has 1 atom stereocenters. The number of hydrogen-bond acceptors (Lipinski definition) is 3. The molecule has 2 heterocycles. The highest BCUT2D eigenvalue weighted by Crippen LogP contribution is 2.20. The van der Waals surface area contributed by atoms with Crippen LogP contribution in [-0.2, 0) is 0 Å². The van der Waals surface area contributed by atoms with E-state index in [1.165, 1.54) is 0 Å². The summed E-state index contributed by atoms with van der Waals surface area (Å²) in [5, 5.41) is 4.07. The van der Waals surface area contributed by atoms with Gasteiger partial charge in [0.2, 0.25) is 0 Å². The lowest BCUT2D eigenvalue weighted by Crippen LogP contribution is -2.12. The van der Waals surface area contributed by atoms with Crippen molar-refractivity contribution >= 4 is 27.3 Å². The number of nitrogens with two attached hydrogens (primary N) is 1. The van der Waals surface area contributed by atoms with Gasteiger partial charge < -0.3 is 5.73 Å². The fraction of sp³-hybridized carbons (Fsp3) is 0.100. The van der Waals surface area contributed by atoms with Crippen molar-refractivity contribution in [3.63, 3.8) is 0 Å². The first-order chi connectivity index (χ1) is 6.77. The van der Waals surface area contributed by atoms with Crippen molar-refractivity contribution < 1.29 is 0 Å². The van der Waals surface area contributed by atoms with Crippen molar-refractivity contribution in [1.29, 1.82) is 0 Å². The zero-order valence-electron chi connectivity index (χ0n) is 7.35. The van der Waals surface area contributed by atoms with Gasteiger partial charge in [-0.3, -0.25) is 4.98 Å². The molecule has 72 valence electrons. The van der Waals surface area contributed by atoms with Gasteiger partial charge in [-0.05, 0) is 50.5 Å². The standard InChI is InChI=1S/C10H9BrN2S/c11-8-1-2-9(13-5-8)10(12)7-3-4-14-6-7/h1-6,10H,12H2/t10-/m1/s1. The lowest BCUT2D eigenvalue weighted by molar-refractivity contribution is 0.832. The summed E-state index contributed by atoms with van der Waals surface area (Å²) in [6.07, 6.45) is 1.77. The van der Waals surface area contributed by atoms with Gasteiger partial charge in [0.25, 0.3) is 0 Å². The number of hydrogen-bond donors (Lipinski definition) is 1. The Balaban J connectivity index is 2.28. The highest BCUT2D eigenvalue weighted by molar-refractivity contribution is 9.10. The Morgan fingerprint density at radius 1 is 1.36 bits per heavy atom. The normalized spacial score (nSPS) is 12.7. The van der Waals surface area contributed by atoms with Gasteiger partial charge in [-0.2, -0.15) is 11.3 Å². The van der Waals surface area contributed by atoms with Crippen LogP contribution in [0.2, 0.25) is 0 Å². The van der Waals surface area contributed by atoms with Gasteiger partial charge in [-0.1, -0.05) is 0 Å². The van der Waals surface area contributed by atoms with E-state index < -0.39 is 0 Å². The Bertz CT molecular complexity index is 397. The maximum Gasteiger partial charge on any atom is 0.0734 e. The number of aromatic nitrogens is 1. The van der Waals surface area contributed by atoms with E-state index in [1.54, 1.807) is 17.5 Å². The molecule has 0 fully saturated rings. The topological polar surface area (TPSA) is 38.9 Å². The van der Waals surface area contributed by atoms with E-state index in [-0.39, 0.29) is 6.04 Å². The van der Waals surface area contributed by atoms with Crippen LogP contribution in [0.5, 0.6) is 0 Å². The lowest BCUT2D eigenvalue weighted by atomic mass is 10.1. The second-order valence-electron chi connectivity index (χ2n) is 2.94. The van der Waals surface area contributed by atoms with Crippen LogP contribution in [0.1, 0.15) is 17.3 Å². The summed E-state index contributed by atoms with van der Waals surface area (Å²) in [5.74, 6) is 0. The maximum atomic E-state index is 6.04. The average Bonchev–Trinajstić information content (AvgIpc) is 2.71. The molecule has 0 aliphatic heterocycles. The molecule has 0 saturated carbocycles. The van der Waals surface area contributed by atoms with Crippen LogP contribution >= 0.6 is 27.3 Å². The second-order valence-corrected chi connectivity index (χ2v) is 4.63. The molecule has 2 aromatic heterocycles. The first kappa shape index (κ1) is 9.83. The van der Waals surface area contributed by atoms with E-state index in [4.69, 9.17) is 5.73 Å². The van der Waals surface area contributed by atoms with Crippen LogP contribution in [-0.4, -0.2) is 4.98 Å². The predicted molar refractivity (Wildman–Crippen MR) is 62.3 cm³/mol. The number of halogens is 1. The van der Waals surface area contributed by atoms with E-state index in [1.807, 2.05) is 29.0 Å². The second kappa shape index (κ2) is 4.21. The molecule has 4 heteroatoms. The third-order valence-electron chi connectivity index (χ3n) is 1.97. The van der Waals surface area contributed by atoms with Gasteiger partial charge in [0.15, 0.2) is 0 Å². The first-order valence-electron chi connectivity index (χ1n) is 4.16. The molecule has 0 aromatic carbocycles. The fourth-order valence-electron chi connectivity index (χ4n) is 1.19. The van der Waals surface area contributed by atoms with Gasteiger partial charge in [0, 0.05) is 10.7 Å². The third kappa shape index (κ3) is 2.03. The predicted octanol–water partition coefficient (Wildman–Crippen LogP) is 2.95. The maximum absolute atomic E-state index is 6.04. The minimum absolute atomic E-state index is 0.116. The SMILES string of the molecule is N[C@H](c1ccsc1)c1ccc(Br)cn1.